The quantitative estimate of drug-likeness (QED) is 0.798. The molecule has 0 saturated heterocycles. The first-order chi connectivity index (χ1) is 8.08. The van der Waals surface area contributed by atoms with Gasteiger partial charge in [0.1, 0.15) is 5.76 Å². The zero-order valence-electron chi connectivity index (χ0n) is 10.7. The predicted molar refractivity (Wildman–Crippen MR) is 66.1 cm³/mol. The zero-order chi connectivity index (χ0) is 12.8. The minimum absolute atomic E-state index is 0.261. The highest BCUT2D eigenvalue weighted by atomic mass is 16.4. The van der Waals surface area contributed by atoms with E-state index in [0.717, 1.165) is 24.2 Å². The van der Waals surface area contributed by atoms with Crippen molar-refractivity contribution in [1.29, 1.82) is 0 Å². The molecule has 96 valence electrons. The van der Waals surface area contributed by atoms with Gasteiger partial charge in [0.15, 0.2) is 5.76 Å². The second-order valence-electron chi connectivity index (χ2n) is 4.22. The standard InChI is InChI=1S/C13H21NO3/c1-4-6-10(15)8-14-13(16)12-7-9(3)11(5-2)17-12/h7,10,15H,4-6,8H2,1-3H3,(H,14,16). The summed E-state index contributed by atoms with van der Waals surface area (Å²) in [7, 11) is 0. The Hall–Kier alpha value is -1.29. The Kier molecular flexibility index (Phi) is 5.22. The van der Waals surface area contributed by atoms with Gasteiger partial charge >= 0.3 is 0 Å². The molecule has 1 amide bonds. The Morgan fingerprint density at radius 1 is 1.53 bits per heavy atom. The van der Waals surface area contributed by atoms with E-state index in [-0.39, 0.29) is 12.5 Å². The van der Waals surface area contributed by atoms with Crippen molar-refractivity contribution in [2.45, 2.75) is 46.1 Å². The van der Waals surface area contributed by atoms with E-state index in [4.69, 9.17) is 4.42 Å². The minimum Gasteiger partial charge on any atom is -0.456 e. The highest BCUT2D eigenvalue weighted by Crippen LogP contribution is 2.14. The molecular formula is C13H21NO3. The summed E-state index contributed by atoms with van der Waals surface area (Å²) in [5.41, 5.74) is 0.992. The zero-order valence-corrected chi connectivity index (χ0v) is 10.7. The number of hydrogen-bond acceptors (Lipinski definition) is 3. The molecule has 0 aliphatic heterocycles. The molecule has 4 heteroatoms. The lowest BCUT2D eigenvalue weighted by atomic mass is 10.2. The van der Waals surface area contributed by atoms with Crippen LogP contribution in [-0.4, -0.2) is 23.7 Å². The van der Waals surface area contributed by atoms with Crippen molar-refractivity contribution >= 4 is 5.91 Å². The topological polar surface area (TPSA) is 62.5 Å². The highest BCUT2D eigenvalue weighted by Gasteiger charge is 2.14. The van der Waals surface area contributed by atoms with Crippen molar-refractivity contribution in [3.8, 4) is 0 Å². The van der Waals surface area contributed by atoms with Crippen LogP contribution < -0.4 is 5.32 Å². The van der Waals surface area contributed by atoms with Crippen LogP contribution in [0.15, 0.2) is 10.5 Å². The van der Waals surface area contributed by atoms with Crippen LogP contribution in [0, 0.1) is 6.92 Å². The fraction of sp³-hybridized carbons (Fsp3) is 0.615. The van der Waals surface area contributed by atoms with E-state index in [9.17, 15) is 9.90 Å². The molecule has 0 aliphatic carbocycles. The SMILES string of the molecule is CCCC(O)CNC(=O)c1cc(C)c(CC)o1. The maximum Gasteiger partial charge on any atom is 0.287 e. The van der Waals surface area contributed by atoms with Crippen LogP contribution in [0.25, 0.3) is 0 Å². The minimum atomic E-state index is -0.481. The average Bonchev–Trinajstić information content (AvgIpc) is 2.68. The van der Waals surface area contributed by atoms with Crippen molar-refractivity contribution in [3.05, 3.63) is 23.2 Å². The van der Waals surface area contributed by atoms with Gasteiger partial charge in [-0.1, -0.05) is 20.3 Å². The van der Waals surface area contributed by atoms with Gasteiger partial charge in [0, 0.05) is 13.0 Å². The number of aliphatic hydroxyl groups is 1. The van der Waals surface area contributed by atoms with Crippen LogP contribution in [-0.2, 0) is 6.42 Å². The van der Waals surface area contributed by atoms with Crippen LogP contribution in [0.2, 0.25) is 0 Å². The fourth-order valence-electron chi connectivity index (χ4n) is 1.72. The van der Waals surface area contributed by atoms with Gasteiger partial charge in [-0.05, 0) is 25.0 Å². The van der Waals surface area contributed by atoms with Crippen LogP contribution in [0.4, 0.5) is 0 Å². The second kappa shape index (κ2) is 6.45. The third-order valence-electron chi connectivity index (χ3n) is 2.69. The number of carbonyl (C=O) groups excluding carboxylic acids is 1. The molecular weight excluding hydrogens is 218 g/mol. The maximum absolute atomic E-state index is 11.7. The number of amides is 1. The molecule has 0 radical (unpaired) electrons. The number of aliphatic hydroxyl groups excluding tert-OH is 1. The first-order valence-electron chi connectivity index (χ1n) is 6.14. The summed E-state index contributed by atoms with van der Waals surface area (Å²) in [4.78, 5) is 11.7. The van der Waals surface area contributed by atoms with Crippen LogP contribution in [0.5, 0.6) is 0 Å². The molecule has 1 heterocycles. The lowest BCUT2D eigenvalue weighted by Gasteiger charge is -2.09. The van der Waals surface area contributed by atoms with Gasteiger partial charge in [0.05, 0.1) is 6.10 Å². The predicted octanol–water partition coefficient (Wildman–Crippen LogP) is 2.04. The highest BCUT2D eigenvalue weighted by molar-refractivity contribution is 5.91. The molecule has 1 unspecified atom stereocenters. The van der Waals surface area contributed by atoms with Gasteiger partial charge in [0.2, 0.25) is 0 Å². The molecule has 0 aromatic carbocycles. The summed E-state index contributed by atoms with van der Waals surface area (Å²) in [5.74, 6) is 0.898. The normalized spacial score (nSPS) is 12.5. The molecule has 1 aromatic heterocycles. The molecule has 0 aliphatic rings. The second-order valence-corrected chi connectivity index (χ2v) is 4.22. The van der Waals surface area contributed by atoms with Gasteiger partial charge in [-0.15, -0.1) is 0 Å². The van der Waals surface area contributed by atoms with Gasteiger partial charge in [-0.3, -0.25) is 4.79 Å². The summed E-state index contributed by atoms with van der Waals surface area (Å²) in [6.07, 6.45) is 1.89. The largest absolute Gasteiger partial charge is 0.456 e. The number of nitrogens with one attached hydrogen (secondary N) is 1. The molecule has 0 spiro atoms. The Balaban J connectivity index is 2.52. The van der Waals surface area contributed by atoms with E-state index >= 15 is 0 Å². The number of carbonyl (C=O) groups is 1. The number of rotatable bonds is 6. The van der Waals surface area contributed by atoms with Crippen LogP contribution >= 0.6 is 0 Å². The van der Waals surface area contributed by atoms with Crippen molar-refractivity contribution in [2.75, 3.05) is 6.54 Å². The van der Waals surface area contributed by atoms with E-state index in [0.29, 0.717) is 12.2 Å². The number of aryl methyl sites for hydroxylation is 2. The Morgan fingerprint density at radius 2 is 2.24 bits per heavy atom. The maximum atomic E-state index is 11.7. The Morgan fingerprint density at radius 3 is 2.76 bits per heavy atom. The molecule has 17 heavy (non-hydrogen) atoms. The molecule has 1 aromatic rings. The summed E-state index contributed by atoms with van der Waals surface area (Å²) >= 11 is 0. The van der Waals surface area contributed by atoms with E-state index in [1.54, 1.807) is 6.07 Å². The van der Waals surface area contributed by atoms with E-state index in [1.807, 2.05) is 20.8 Å². The van der Waals surface area contributed by atoms with Crippen LogP contribution in [0.1, 0.15) is 48.6 Å². The molecule has 2 N–H and O–H groups in total. The first kappa shape index (κ1) is 13.8. The first-order valence-corrected chi connectivity index (χ1v) is 6.14. The number of hydrogen-bond donors (Lipinski definition) is 2. The van der Waals surface area contributed by atoms with Gasteiger partial charge in [-0.2, -0.15) is 0 Å². The van der Waals surface area contributed by atoms with Gasteiger partial charge in [-0.25, -0.2) is 0 Å². The third kappa shape index (κ3) is 3.89. The Labute approximate surface area is 102 Å². The molecule has 0 fully saturated rings. The smallest absolute Gasteiger partial charge is 0.287 e. The van der Waals surface area contributed by atoms with Gasteiger partial charge in [0.25, 0.3) is 5.91 Å². The molecule has 1 atom stereocenters. The molecule has 0 saturated carbocycles. The lowest BCUT2D eigenvalue weighted by Crippen LogP contribution is -2.31. The van der Waals surface area contributed by atoms with Crippen molar-refractivity contribution < 1.29 is 14.3 Å². The summed E-state index contributed by atoms with van der Waals surface area (Å²) in [6.45, 7) is 6.17. The number of furan rings is 1. The van der Waals surface area contributed by atoms with Crippen molar-refractivity contribution in [3.63, 3.8) is 0 Å². The third-order valence-corrected chi connectivity index (χ3v) is 2.69. The molecule has 0 bridgehead atoms. The van der Waals surface area contributed by atoms with Gasteiger partial charge < -0.3 is 14.8 Å². The fourth-order valence-corrected chi connectivity index (χ4v) is 1.72. The van der Waals surface area contributed by atoms with E-state index in [2.05, 4.69) is 5.32 Å². The Bertz CT molecular complexity index is 371. The molecule has 4 nitrogen and oxygen atoms in total. The average molecular weight is 239 g/mol. The van der Waals surface area contributed by atoms with Crippen molar-refractivity contribution in [1.82, 2.24) is 5.32 Å². The van der Waals surface area contributed by atoms with E-state index < -0.39 is 6.10 Å². The molecule has 1 rings (SSSR count). The summed E-state index contributed by atoms with van der Waals surface area (Å²) in [5, 5.41) is 12.2. The lowest BCUT2D eigenvalue weighted by molar-refractivity contribution is 0.0881. The summed E-state index contributed by atoms with van der Waals surface area (Å²) < 4.78 is 5.42. The van der Waals surface area contributed by atoms with Crippen molar-refractivity contribution in [2.24, 2.45) is 0 Å². The van der Waals surface area contributed by atoms with Crippen LogP contribution in [0.3, 0.4) is 0 Å². The monoisotopic (exact) mass is 239 g/mol. The summed E-state index contributed by atoms with van der Waals surface area (Å²) in [6, 6.07) is 1.74. The van der Waals surface area contributed by atoms with E-state index in [1.165, 1.54) is 0 Å².